The molecule has 2 aromatic rings. The monoisotopic (exact) mass is 597 g/mol. The number of nitrogens with zero attached hydrogens (tertiary/aromatic N) is 2. The van der Waals surface area contributed by atoms with Crippen LogP contribution in [-0.2, 0) is 9.47 Å². The van der Waals surface area contributed by atoms with Gasteiger partial charge in [0.15, 0.2) is 6.23 Å². The predicted octanol–water partition coefficient (Wildman–Crippen LogP) is 4.06. The molecular formula is C28H32BrN5O5. The average molecular weight is 598 g/mol. The number of unbranched alkanes of at least 4 members (excludes halogenated alkanes) is 1. The molecule has 11 heteroatoms. The van der Waals surface area contributed by atoms with Gasteiger partial charge < -0.3 is 29.6 Å². The van der Waals surface area contributed by atoms with Gasteiger partial charge in [-0.25, -0.2) is 15.6 Å². The van der Waals surface area contributed by atoms with Gasteiger partial charge >= 0.3 is 6.09 Å². The number of halogens is 1. The molecule has 2 fully saturated rings. The van der Waals surface area contributed by atoms with E-state index in [1.807, 2.05) is 30.3 Å². The van der Waals surface area contributed by atoms with Gasteiger partial charge in [-0.05, 0) is 42.3 Å². The van der Waals surface area contributed by atoms with E-state index in [-0.39, 0.29) is 23.4 Å². The molecule has 2 aromatic carbocycles. The van der Waals surface area contributed by atoms with Crippen molar-refractivity contribution in [2.24, 2.45) is 11.7 Å². The van der Waals surface area contributed by atoms with Crippen LogP contribution in [0.2, 0.25) is 0 Å². The molecule has 0 aromatic heterocycles. The van der Waals surface area contributed by atoms with Crippen LogP contribution in [0.1, 0.15) is 42.9 Å². The van der Waals surface area contributed by atoms with E-state index in [9.17, 15) is 10.1 Å². The van der Waals surface area contributed by atoms with E-state index in [1.165, 1.54) is 0 Å². The van der Waals surface area contributed by atoms with Crippen molar-refractivity contribution < 1.29 is 23.7 Å². The number of amides is 1. The largest absolute Gasteiger partial charge is 0.494 e. The number of rotatable bonds is 7. The third-order valence-corrected chi connectivity index (χ3v) is 7.72. The second-order valence-corrected chi connectivity index (χ2v) is 10.6. The summed E-state index contributed by atoms with van der Waals surface area (Å²) in [6.07, 6.45) is 1.09. The van der Waals surface area contributed by atoms with Crippen molar-refractivity contribution in [3.8, 4) is 17.6 Å². The highest BCUT2D eigenvalue weighted by atomic mass is 79.9. The number of hydrazine groups is 1. The van der Waals surface area contributed by atoms with Crippen molar-refractivity contribution in [1.82, 2.24) is 15.8 Å². The lowest BCUT2D eigenvalue weighted by molar-refractivity contribution is 0.0330. The van der Waals surface area contributed by atoms with Crippen LogP contribution >= 0.6 is 15.9 Å². The summed E-state index contributed by atoms with van der Waals surface area (Å²) in [5.41, 5.74) is 14.7. The highest BCUT2D eigenvalue weighted by Crippen LogP contribution is 2.50. The Kier molecular flexibility index (Phi) is 8.57. The third-order valence-electron chi connectivity index (χ3n) is 7.23. The molecule has 3 heterocycles. The molecule has 3 aliphatic rings. The number of nitrogens with one attached hydrogen (secondary N) is 2. The van der Waals surface area contributed by atoms with Gasteiger partial charge in [0.1, 0.15) is 17.6 Å². The topological polar surface area (TPSA) is 131 Å². The van der Waals surface area contributed by atoms with Gasteiger partial charge in [-0.3, -0.25) is 0 Å². The van der Waals surface area contributed by atoms with Crippen LogP contribution in [0.25, 0.3) is 0 Å². The first-order valence-corrected chi connectivity index (χ1v) is 13.9. The van der Waals surface area contributed by atoms with E-state index >= 15 is 0 Å². The van der Waals surface area contributed by atoms with Crippen molar-refractivity contribution >= 4 is 22.0 Å². The van der Waals surface area contributed by atoms with Gasteiger partial charge in [0.05, 0.1) is 31.4 Å². The fourth-order valence-corrected chi connectivity index (χ4v) is 5.60. The Morgan fingerprint density at radius 1 is 1.21 bits per heavy atom. The highest BCUT2D eigenvalue weighted by Gasteiger charge is 2.50. The Labute approximate surface area is 236 Å². The van der Waals surface area contributed by atoms with Crippen LogP contribution in [0.3, 0.4) is 0 Å². The number of benzene rings is 2. The molecule has 4 atom stereocenters. The highest BCUT2D eigenvalue weighted by molar-refractivity contribution is 9.10. The second-order valence-electron chi connectivity index (χ2n) is 9.67. The summed E-state index contributed by atoms with van der Waals surface area (Å²) in [6, 6.07) is 15.4. The Balaban J connectivity index is 1.49. The van der Waals surface area contributed by atoms with Crippen molar-refractivity contribution in [2.45, 2.75) is 38.0 Å². The lowest BCUT2D eigenvalue weighted by Crippen LogP contribution is -2.43. The van der Waals surface area contributed by atoms with Gasteiger partial charge in [-0.15, -0.1) is 0 Å². The maximum Gasteiger partial charge on any atom is 0.415 e. The minimum atomic E-state index is -0.522. The van der Waals surface area contributed by atoms with Crippen molar-refractivity contribution in [1.29, 1.82) is 5.26 Å². The molecule has 39 heavy (non-hydrogen) atoms. The third kappa shape index (κ3) is 5.84. The summed E-state index contributed by atoms with van der Waals surface area (Å²) < 4.78 is 23.8. The lowest BCUT2D eigenvalue weighted by Gasteiger charge is -2.36. The molecule has 1 amide bonds. The van der Waals surface area contributed by atoms with Crippen molar-refractivity contribution in [3.63, 3.8) is 0 Å². The molecule has 0 bridgehead atoms. The summed E-state index contributed by atoms with van der Waals surface area (Å²) in [4.78, 5) is 14.6. The molecular weight excluding hydrogens is 566 g/mol. The Bertz CT molecular complexity index is 1260. The van der Waals surface area contributed by atoms with Crippen molar-refractivity contribution in [2.75, 3.05) is 32.9 Å². The minimum absolute atomic E-state index is 0.0452. The van der Waals surface area contributed by atoms with E-state index in [4.69, 9.17) is 24.7 Å². The number of hydrogen-bond acceptors (Lipinski definition) is 9. The molecule has 0 aliphatic carbocycles. The number of hydrogen-bond donors (Lipinski definition) is 3. The van der Waals surface area contributed by atoms with Crippen molar-refractivity contribution in [3.05, 3.63) is 69.5 Å². The molecule has 4 N–H and O–H groups in total. The fourth-order valence-electron chi connectivity index (χ4n) is 5.22. The summed E-state index contributed by atoms with van der Waals surface area (Å²) >= 11 is 3.56. The van der Waals surface area contributed by atoms with E-state index in [0.717, 1.165) is 28.6 Å². The Hall–Kier alpha value is -3.30. The van der Waals surface area contributed by atoms with Crippen LogP contribution in [0, 0.1) is 17.2 Å². The molecule has 0 saturated carbocycles. The number of carbonyl (C=O) groups is 1. The van der Waals surface area contributed by atoms with Crippen LogP contribution in [0.4, 0.5) is 4.79 Å². The molecule has 0 radical (unpaired) electrons. The standard InChI is InChI=1S/C28H32BrN5O5/c1-2-3-12-37-19-7-4-17(5-8-19)25-24-23(21(16-30)26(31)39-27(24)33-32-25)20-15-18(29)6-9-22(20)38-28(35)34-10-13-36-14-11-34/h4-9,15,23-25,27,32-33H,2-3,10-14,31H2,1H3. The van der Waals surface area contributed by atoms with Gasteiger partial charge in [0.2, 0.25) is 5.88 Å². The van der Waals surface area contributed by atoms with Crippen LogP contribution in [0.5, 0.6) is 11.5 Å². The van der Waals surface area contributed by atoms with E-state index < -0.39 is 18.2 Å². The van der Waals surface area contributed by atoms with E-state index in [0.29, 0.717) is 44.2 Å². The molecule has 10 nitrogen and oxygen atoms in total. The average Bonchev–Trinajstić information content (AvgIpc) is 3.37. The second kappa shape index (κ2) is 12.3. The van der Waals surface area contributed by atoms with Crippen LogP contribution < -0.4 is 26.1 Å². The Morgan fingerprint density at radius 2 is 1.97 bits per heavy atom. The first-order chi connectivity index (χ1) is 19.0. The summed E-state index contributed by atoms with van der Waals surface area (Å²) in [5, 5.41) is 10.2. The summed E-state index contributed by atoms with van der Waals surface area (Å²) in [7, 11) is 0. The van der Waals surface area contributed by atoms with Crippen LogP contribution in [-0.4, -0.2) is 50.1 Å². The lowest BCUT2D eigenvalue weighted by atomic mass is 9.74. The maximum atomic E-state index is 13.0. The fraction of sp³-hybridized carbons (Fsp3) is 0.429. The molecule has 2 saturated heterocycles. The molecule has 3 aliphatic heterocycles. The maximum absolute atomic E-state index is 13.0. The smallest absolute Gasteiger partial charge is 0.415 e. The normalized spacial score (nSPS) is 24.5. The number of nitrogens with two attached hydrogens (primary N) is 1. The zero-order chi connectivity index (χ0) is 27.4. The number of morpholine rings is 1. The first kappa shape index (κ1) is 27.3. The number of ether oxygens (including phenoxy) is 4. The number of allylic oxidation sites excluding steroid dienone is 1. The molecule has 0 spiro atoms. The van der Waals surface area contributed by atoms with Gasteiger partial charge in [0.25, 0.3) is 0 Å². The predicted molar refractivity (Wildman–Crippen MR) is 146 cm³/mol. The van der Waals surface area contributed by atoms with E-state index in [1.54, 1.807) is 17.0 Å². The number of nitriles is 1. The number of carbonyl (C=O) groups excluding carboxylic acids is 1. The minimum Gasteiger partial charge on any atom is -0.494 e. The molecule has 206 valence electrons. The van der Waals surface area contributed by atoms with Gasteiger partial charge in [0, 0.05) is 35.0 Å². The molecule has 4 unspecified atom stereocenters. The Morgan fingerprint density at radius 3 is 2.69 bits per heavy atom. The SMILES string of the molecule is CCCCOc1ccc(C2NNC3OC(N)=C(C#N)C(c4cc(Br)ccc4OC(=O)N4CCOCC4)C32)cc1. The summed E-state index contributed by atoms with van der Waals surface area (Å²) in [6.45, 7) is 4.64. The quantitative estimate of drug-likeness (QED) is 0.404. The first-order valence-electron chi connectivity index (χ1n) is 13.1. The zero-order valence-electron chi connectivity index (χ0n) is 21.7. The summed E-state index contributed by atoms with van der Waals surface area (Å²) in [5.74, 6) is 0.410. The van der Waals surface area contributed by atoms with Crippen LogP contribution in [0.15, 0.2) is 58.4 Å². The zero-order valence-corrected chi connectivity index (χ0v) is 23.3. The van der Waals surface area contributed by atoms with E-state index in [2.05, 4.69) is 39.8 Å². The van der Waals surface area contributed by atoms with Gasteiger partial charge in [-0.2, -0.15) is 5.26 Å². The number of fused-ring (bicyclic) bond motifs is 1. The molecule has 5 rings (SSSR count). The van der Waals surface area contributed by atoms with Gasteiger partial charge in [-0.1, -0.05) is 41.4 Å².